The molecule has 0 fully saturated rings. The van der Waals surface area contributed by atoms with Crippen LogP contribution in [0.3, 0.4) is 0 Å². The van der Waals surface area contributed by atoms with E-state index in [1.54, 1.807) is 24.3 Å². The Hall–Kier alpha value is -2.46. The van der Waals surface area contributed by atoms with Crippen molar-refractivity contribution in [1.82, 2.24) is 4.90 Å². The fraction of sp³-hybridized carbons (Fsp3) is 0.222. The van der Waals surface area contributed by atoms with Crippen LogP contribution in [0.5, 0.6) is 0 Å². The predicted octanol–water partition coefficient (Wildman–Crippen LogP) is 2.80. The molecule has 1 unspecified atom stereocenters. The summed E-state index contributed by atoms with van der Waals surface area (Å²) in [5, 5.41) is 10.1. The van der Waals surface area contributed by atoms with Crippen molar-refractivity contribution >= 4 is 11.8 Å². The van der Waals surface area contributed by atoms with Crippen LogP contribution in [-0.4, -0.2) is 28.4 Å². The first kappa shape index (κ1) is 14.5. The second-order valence-electron chi connectivity index (χ2n) is 5.38. The zero-order valence-corrected chi connectivity index (χ0v) is 12.1. The molecule has 1 atom stereocenters. The topological polar surface area (TPSA) is 57.6 Å². The number of hydrogen-bond acceptors (Lipinski definition) is 3. The number of carbonyl (C=O) groups excluding carboxylic acids is 2. The second kappa shape index (κ2) is 6.12. The number of hydrogen-bond donors (Lipinski definition) is 1. The highest BCUT2D eigenvalue weighted by molar-refractivity contribution is 6.21. The monoisotopic (exact) mass is 295 g/mol. The third-order valence-electron chi connectivity index (χ3n) is 3.92. The molecule has 22 heavy (non-hydrogen) atoms. The van der Waals surface area contributed by atoms with Crippen molar-refractivity contribution in [2.45, 2.75) is 18.9 Å². The fourth-order valence-corrected chi connectivity index (χ4v) is 2.73. The van der Waals surface area contributed by atoms with E-state index < -0.39 is 6.10 Å². The quantitative estimate of drug-likeness (QED) is 0.863. The van der Waals surface area contributed by atoms with Crippen molar-refractivity contribution in [3.8, 4) is 0 Å². The van der Waals surface area contributed by atoms with E-state index in [1.807, 2.05) is 30.3 Å². The summed E-state index contributed by atoms with van der Waals surface area (Å²) < 4.78 is 0. The normalized spacial score (nSPS) is 15.0. The van der Waals surface area contributed by atoms with E-state index in [4.69, 9.17) is 0 Å². The van der Waals surface area contributed by atoms with Crippen LogP contribution in [0.2, 0.25) is 0 Å². The van der Waals surface area contributed by atoms with E-state index in [0.717, 1.165) is 5.56 Å². The molecule has 1 aliphatic rings. The highest BCUT2D eigenvalue weighted by Gasteiger charge is 2.34. The van der Waals surface area contributed by atoms with Gasteiger partial charge in [-0.05, 0) is 30.5 Å². The number of aliphatic hydroxyl groups excluding tert-OH is 1. The Bertz CT molecular complexity index is 661. The van der Waals surface area contributed by atoms with Gasteiger partial charge in [-0.1, -0.05) is 42.5 Å². The number of fused-ring (bicyclic) bond motifs is 1. The minimum atomic E-state index is -0.573. The van der Waals surface area contributed by atoms with Crippen LogP contribution < -0.4 is 0 Å². The molecule has 4 heteroatoms. The lowest BCUT2D eigenvalue weighted by Crippen LogP contribution is -2.30. The van der Waals surface area contributed by atoms with Crippen LogP contribution in [0.4, 0.5) is 0 Å². The van der Waals surface area contributed by atoms with Crippen molar-refractivity contribution in [2.75, 3.05) is 6.54 Å². The minimum absolute atomic E-state index is 0.241. The second-order valence-corrected chi connectivity index (χ2v) is 5.38. The van der Waals surface area contributed by atoms with Gasteiger partial charge in [-0.15, -0.1) is 0 Å². The molecule has 3 rings (SSSR count). The molecular weight excluding hydrogens is 278 g/mol. The molecule has 0 saturated heterocycles. The Morgan fingerprint density at radius 3 is 2.00 bits per heavy atom. The number of carbonyl (C=O) groups is 2. The molecule has 0 aromatic heterocycles. The Morgan fingerprint density at radius 2 is 1.41 bits per heavy atom. The van der Waals surface area contributed by atoms with Crippen LogP contribution in [0.15, 0.2) is 54.6 Å². The van der Waals surface area contributed by atoms with Crippen molar-refractivity contribution in [3.63, 3.8) is 0 Å². The van der Waals surface area contributed by atoms with Gasteiger partial charge in [0.05, 0.1) is 17.2 Å². The first-order chi connectivity index (χ1) is 10.7. The molecule has 4 nitrogen and oxygen atoms in total. The van der Waals surface area contributed by atoms with E-state index in [0.29, 0.717) is 30.5 Å². The molecule has 1 N–H and O–H groups in total. The first-order valence-corrected chi connectivity index (χ1v) is 7.36. The number of imide groups is 1. The smallest absolute Gasteiger partial charge is 0.261 e. The van der Waals surface area contributed by atoms with Crippen molar-refractivity contribution < 1.29 is 14.7 Å². The van der Waals surface area contributed by atoms with Gasteiger partial charge >= 0.3 is 0 Å². The van der Waals surface area contributed by atoms with Gasteiger partial charge in [-0.25, -0.2) is 0 Å². The van der Waals surface area contributed by atoms with Crippen LogP contribution in [0.25, 0.3) is 0 Å². The van der Waals surface area contributed by atoms with Gasteiger partial charge in [0, 0.05) is 6.54 Å². The summed E-state index contributed by atoms with van der Waals surface area (Å²) >= 11 is 0. The molecule has 1 aliphatic heterocycles. The van der Waals surface area contributed by atoms with E-state index in [2.05, 4.69) is 0 Å². The summed E-state index contributed by atoms with van der Waals surface area (Å²) in [6.07, 6.45) is 0.509. The van der Waals surface area contributed by atoms with E-state index in [9.17, 15) is 14.7 Å². The van der Waals surface area contributed by atoms with E-state index >= 15 is 0 Å². The Balaban J connectivity index is 1.59. The summed E-state index contributed by atoms with van der Waals surface area (Å²) in [6, 6.07) is 16.3. The third kappa shape index (κ3) is 2.65. The van der Waals surface area contributed by atoms with Gasteiger partial charge in [0.2, 0.25) is 0 Å². The van der Waals surface area contributed by atoms with Gasteiger partial charge in [0.25, 0.3) is 11.8 Å². The molecule has 0 saturated carbocycles. The summed E-state index contributed by atoms with van der Waals surface area (Å²) in [7, 11) is 0. The lowest BCUT2D eigenvalue weighted by Gasteiger charge is -2.15. The largest absolute Gasteiger partial charge is 0.388 e. The summed E-state index contributed by atoms with van der Waals surface area (Å²) in [6.45, 7) is 0.330. The molecule has 0 spiro atoms. The maximum absolute atomic E-state index is 12.2. The highest BCUT2D eigenvalue weighted by Crippen LogP contribution is 2.24. The minimum Gasteiger partial charge on any atom is -0.388 e. The third-order valence-corrected chi connectivity index (χ3v) is 3.92. The Kier molecular flexibility index (Phi) is 4.02. The first-order valence-electron chi connectivity index (χ1n) is 7.36. The summed E-state index contributed by atoms with van der Waals surface area (Å²) in [4.78, 5) is 25.7. The zero-order chi connectivity index (χ0) is 15.5. The maximum atomic E-state index is 12.2. The average Bonchev–Trinajstić information content (AvgIpc) is 2.81. The molecule has 0 radical (unpaired) electrons. The highest BCUT2D eigenvalue weighted by atomic mass is 16.3. The van der Waals surface area contributed by atoms with E-state index in [1.165, 1.54) is 4.90 Å². The zero-order valence-electron chi connectivity index (χ0n) is 12.1. The van der Waals surface area contributed by atoms with Gasteiger partial charge in [0.1, 0.15) is 0 Å². The van der Waals surface area contributed by atoms with Crippen molar-refractivity contribution in [1.29, 1.82) is 0 Å². The van der Waals surface area contributed by atoms with Crippen molar-refractivity contribution in [3.05, 3.63) is 71.3 Å². The molecule has 2 aromatic carbocycles. The molecular formula is C18H17NO3. The summed E-state index contributed by atoms with van der Waals surface area (Å²) in [5.74, 6) is -0.482. The molecule has 2 amide bonds. The number of rotatable bonds is 5. The predicted molar refractivity (Wildman–Crippen MR) is 82.4 cm³/mol. The van der Waals surface area contributed by atoms with Gasteiger partial charge in [0.15, 0.2) is 0 Å². The summed E-state index contributed by atoms with van der Waals surface area (Å²) in [5.41, 5.74) is 1.79. The lowest BCUT2D eigenvalue weighted by atomic mass is 10.1. The van der Waals surface area contributed by atoms with Crippen LogP contribution >= 0.6 is 0 Å². The van der Waals surface area contributed by atoms with Crippen LogP contribution in [-0.2, 0) is 0 Å². The average molecular weight is 295 g/mol. The SMILES string of the molecule is O=C1c2ccccc2C(=O)N1CCCC(O)c1ccccc1. The fourth-order valence-electron chi connectivity index (χ4n) is 2.73. The molecule has 0 bridgehead atoms. The van der Waals surface area contributed by atoms with Crippen LogP contribution in [0.1, 0.15) is 45.2 Å². The lowest BCUT2D eigenvalue weighted by molar-refractivity contribution is 0.0641. The van der Waals surface area contributed by atoms with Crippen molar-refractivity contribution in [2.24, 2.45) is 0 Å². The van der Waals surface area contributed by atoms with Crippen LogP contribution in [0, 0.1) is 0 Å². The molecule has 112 valence electrons. The standard InChI is InChI=1S/C18H17NO3/c20-16(13-7-2-1-3-8-13)11-6-12-19-17(21)14-9-4-5-10-15(14)18(19)22/h1-5,7-10,16,20H,6,11-12H2. The number of nitrogens with zero attached hydrogens (tertiary/aromatic N) is 1. The number of aliphatic hydroxyl groups is 1. The molecule has 0 aliphatic carbocycles. The van der Waals surface area contributed by atoms with Gasteiger partial charge < -0.3 is 5.11 Å². The number of benzene rings is 2. The van der Waals surface area contributed by atoms with Gasteiger partial charge in [-0.3, -0.25) is 14.5 Å². The number of amides is 2. The maximum Gasteiger partial charge on any atom is 0.261 e. The Labute approximate surface area is 129 Å². The molecule has 1 heterocycles. The van der Waals surface area contributed by atoms with Gasteiger partial charge in [-0.2, -0.15) is 0 Å². The van der Waals surface area contributed by atoms with E-state index in [-0.39, 0.29) is 11.8 Å². The Morgan fingerprint density at radius 1 is 0.864 bits per heavy atom. The molecule has 2 aromatic rings.